The van der Waals surface area contributed by atoms with Crippen molar-refractivity contribution in [3.05, 3.63) is 12.7 Å². The predicted octanol–water partition coefficient (Wildman–Crippen LogP) is -0.559. The van der Waals surface area contributed by atoms with Crippen LogP contribution in [0.15, 0.2) is 12.7 Å². The fourth-order valence-electron chi connectivity index (χ4n) is 1.30. The van der Waals surface area contributed by atoms with Gasteiger partial charge in [-0.05, 0) is 0 Å². The van der Waals surface area contributed by atoms with Gasteiger partial charge in [-0.1, -0.05) is 0 Å². The molecule has 5 heteroatoms. The van der Waals surface area contributed by atoms with Crippen molar-refractivity contribution in [3.8, 4) is 0 Å². The van der Waals surface area contributed by atoms with Crippen molar-refractivity contribution >= 4 is 5.97 Å². The number of carbonyl (C=O) groups excluding carboxylic acids is 1. The monoisotopic (exact) mass is 370 g/mol. The van der Waals surface area contributed by atoms with Gasteiger partial charge in [0, 0.05) is 0 Å². The molecule has 1 unspecified atom stereocenters. The van der Waals surface area contributed by atoms with Crippen molar-refractivity contribution in [3.63, 3.8) is 0 Å². The Labute approximate surface area is 121 Å². The van der Waals surface area contributed by atoms with Crippen molar-refractivity contribution in [2.24, 2.45) is 17.7 Å². The van der Waals surface area contributed by atoms with Crippen LogP contribution in [0.25, 0.3) is 0 Å². The van der Waals surface area contributed by atoms with Gasteiger partial charge in [0.2, 0.25) is 0 Å². The van der Waals surface area contributed by atoms with Gasteiger partial charge in [0.15, 0.2) is 0 Å². The van der Waals surface area contributed by atoms with E-state index in [2.05, 4.69) is 20.4 Å². The number of rotatable bonds is 9. The van der Waals surface area contributed by atoms with Gasteiger partial charge >= 0.3 is 121 Å². The molecule has 0 rings (SSSR count). The minimum atomic E-state index is -0.504. The van der Waals surface area contributed by atoms with Crippen LogP contribution in [0.2, 0.25) is 0 Å². The van der Waals surface area contributed by atoms with Crippen molar-refractivity contribution in [1.29, 1.82) is 0 Å². The second kappa shape index (κ2) is 8.87. The van der Waals surface area contributed by atoms with E-state index in [-0.39, 0.29) is 11.6 Å². The first-order chi connectivity index (χ1) is 8.33. The molecule has 0 aliphatic rings. The summed E-state index contributed by atoms with van der Waals surface area (Å²) < 4.78 is 6.05. The van der Waals surface area contributed by atoms with E-state index in [9.17, 15) is 4.79 Å². The third kappa shape index (κ3) is 7.33. The van der Waals surface area contributed by atoms with Gasteiger partial charge in [-0.15, -0.1) is 0 Å². The van der Waals surface area contributed by atoms with E-state index in [1.165, 1.54) is 6.08 Å². The fourth-order valence-corrected chi connectivity index (χ4v) is 3.02. The first-order valence-corrected chi connectivity index (χ1v) is 8.54. The summed E-state index contributed by atoms with van der Waals surface area (Å²) >= 11 is -0.504. The van der Waals surface area contributed by atoms with Crippen LogP contribution in [0.3, 0.4) is 0 Å². The molecule has 0 heterocycles. The average molecular weight is 370 g/mol. The molecule has 2 atom stereocenters. The van der Waals surface area contributed by atoms with Crippen molar-refractivity contribution in [2.45, 2.75) is 46.1 Å². The molecule has 108 valence electrons. The molecule has 0 saturated carbocycles. The summed E-state index contributed by atoms with van der Waals surface area (Å²) in [6, 6.07) is 0. The number of nitrogens with two attached hydrogens (primary N) is 1. The van der Waals surface area contributed by atoms with E-state index < -0.39 is 21.6 Å². The second-order valence-electron chi connectivity index (χ2n) is 5.17. The molecule has 0 aliphatic carbocycles. The molecular weight excluding hydrogens is 345 g/mol. The number of halogens is 1. The van der Waals surface area contributed by atoms with Crippen LogP contribution in [0.5, 0.6) is 0 Å². The van der Waals surface area contributed by atoms with Gasteiger partial charge in [0.05, 0.1) is 0 Å². The number of hydrogen-bond donors (Lipinski definition) is 1. The molecular formula is C13H25INO3-. The number of hydrogen-bond acceptors (Lipinski definition) is 4. The Morgan fingerprint density at radius 3 is 2.56 bits per heavy atom. The minimum absolute atomic E-state index is 0.288. The zero-order valence-corrected chi connectivity index (χ0v) is 13.9. The zero-order valence-electron chi connectivity index (χ0n) is 11.7. The molecule has 0 aromatic carbocycles. The number of carbonyl (C=O) groups is 1. The standard InChI is InChI=1S/C13H25INO3/c1-6-12(16)17-14-9-10(2)7-8-11(3)13(4,5)18-15/h6,10-11H,1,7-9,15H2,2-5H3/q-1/t10?,11-/m1/s1. The van der Waals surface area contributed by atoms with Gasteiger partial charge in [0.25, 0.3) is 0 Å². The first-order valence-electron chi connectivity index (χ1n) is 6.13. The maximum absolute atomic E-state index is 10.9. The van der Waals surface area contributed by atoms with Gasteiger partial charge in [0.1, 0.15) is 0 Å². The predicted molar refractivity (Wildman–Crippen MR) is 68.1 cm³/mol. The normalized spacial score (nSPS) is 15.2. The Morgan fingerprint density at radius 2 is 2.06 bits per heavy atom. The molecule has 0 spiro atoms. The molecule has 0 amide bonds. The summed E-state index contributed by atoms with van der Waals surface area (Å²) in [6.45, 7) is 11.7. The molecule has 0 saturated heterocycles. The molecule has 0 aromatic heterocycles. The fraction of sp³-hybridized carbons (Fsp3) is 0.769. The summed E-state index contributed by atoms with van der Waals surface area (Å²) in [7, 11) is 0. The van der Waals surface area contributed by atoms with Crippen LogP contribution in [0.4, 0.5) is 0 Å². The Hall–Kier alpha value is -0.140. The third-order valence-corrected chi connectivity index (χ3v) is 5.82. The molecule has 0 aromatic rings. The van der Waals surface area contributed by atoms with Gasteiger partial charge in [-0.25, -0.2) is 0 Å². The first kappa shape index (κ1) is 17.9. The summed E-state index contributed by atoms with van der Waals surface area (Å²) in [4.78, 5) is 15.9. The van der Waals surface area contributed by atoms with Crippen LogP contribution in [-0.2, 0) is 12.7 Å². The molecule has 18 heavy (non-hydrogen) atoms. The zero-order chi connectivity index (χ0) is 14.2. The Kier molecular flexibility index (Phi) is 8.81. The van der Waals surface area contributed by atoms with Crippen LogP contribution in [0.1, 0.15) is 40.5 Å². The summed E-state index contributed by atoms with van der Waals surface area (Å²) in [5.41, 5.74) is -0.288. The van der Waals surface area contributed by atoms with Crippen molar-refractivity contribution in [2.75, 3.05) is 4.43 Å². The third-order valence-electron chi connectivity index (χ3n) is 3.21. The van der Waals surface area contributed by atoms with E-state index in [0.717, 1.165) is 17.3 Å². The van der Waals surface area contributed by atoms with E-state index in [0.29, 0.717) is 11.8 Å². The molecule has 0 radical (unpaired) electrons. The Balaban J connectivity index is 3.80. The van der Waals surface area contributed by atoms with E-state index in [1.54, 1.807) is 0 Å². The van der Waals surface area contributed by atoms with Crippen LogP contribution >= 0.6 is 0 Å². The number of alkyl halides is 1. The van der Waals surface area contributed by atoms with Crippen LogP contribution < -0.4 is 27.5 Å². The molecule has 0 aliphatic heterocycles. The van der Waals surface area contributed by atoms with Crippen molar-refractivity contribution < 1.29 is 34.3 Å². The molecule has 0 bridgehead atoms. The second-order valence-corrected chi connectivity index (χ2v) is 7.11. The van der Waals surface area contributed by atoms with Crippen LogP contribution in [-0.4, -0.2) is 16.0 Å². The summed E-state index contributed by atoms with van der Waals surface area (Å²) in [6.07, 6.45) is 3.37. The van der Waals surface area contributed by atoms with E-state index >= 15 is 0 Å². The van der Waals surface area contributed by atoms with Gasteiger partial charge in [-0.3, -0.25) is 0 Å². The maximum atomic E-state index is 10.9. The SMILES string of the molecule is C=CC(=O)O[I-]CC(C)CC[C@@H](C)C(C)(C)ON. The summed E-state index contributed by atoms with van der Waals surface area (Å²) in [5, 5.41) is 0. The average Bonchev–Trinajstić information content (AvgIpc) is 2.35. The Bertz CT molecular complexity index is 269. The topological polar surface area (TPSA) is 61.5 Å². The quantitative estimate of drug-likeness (QED) is 0.256. The van der Waals surface area contributed by atoms with Gasteiger partial charge < -0.3 is 0 Å². The van der Waals surface area contributed by atoms with E-state index in [4.69, 9.17) is 13.8 Å². The Morgan fingerprint density at radius 1 is 1.44 bits per heavy atom. The molecule has 2 N–H and O–H groups in total. The van der Waals surface area contributed by atoms with Crippen LogP contribution in [0, 0.1) is 11.8 Å². The van der Waals surface area contributed by atoms with E-state index in [1.807, 2.05) is 13.8 Å². The molecule has 0 fully saturated rings. The van der Waals surface area contributed by atoms with Gasteiger partial charge in [-0.2, -0.15) is 0 Å². The van der Waals surface area contributed by atoms with Crippen molar-refractivity contribution in [1.82, 2.24) is 0 Å². The summed E-state index contributed by atoms with van der Waals surface area (Å²) in [5.74, 6) is 5.94. The molecule has 4 nitrogen and oxygen atoms in total.